The largest absolute Gasteiger partial charge is 0.316 e. The highest BCUT2D eigenvalue weighted by atomic mass is 35.5. The van der Waals surface area contributed by atoms with E-state index in [1.165, 1.54) is 17.9 Å². The Morgan fingerprint density at radius 2 is 2.31 bits per heavy atom. The molecule has 1 aromatic rings. The van der Waals surface area contributed by atoms with Crippen LogP contribution in [0.4, 0.5) is 5.69 Å². The maximum Gasteiger partial charge on any atom is 0.0473 e. The van der Waals surface area contributed by atoms with Crippen LogP contribution in [-0.2, 0) is 0 Å². The number of benzene rings is 1. The molecule has 1 aliphatic heterocycles. The smallest absolute Gasteiger partial charge is 0.0473 e. The molecule has 1 heterocycles. The van der Waals surface area contributed by atoms with Crippen molar-refractivity contribution in [3.05, 3.63) is 28.8 Å². The maximum atomic E-state index is 5.96. The molecule has 1 aliphatic rings. The van der Waals surface area contributed by atoms with E-state index >= 15 is 0 Å². The van der Waals surface area contributed by atoms with E-state index in [1.807, 2.05) is 24.9 Å². The number of aryl methyl sites for hydroxylation is 1. The Morgan fingerprint density at radius 3 is 2.92 bits per heavy atom. The van der Waals surface area contributed by atoms with Crippen LogP contribution in [0.2, 0.25) is 5.02 Å². The summed E-state index contributed by atoms with van der Waals surface area (Å²) < 4.78 is 2.34. The highest BCUT2D eigenvalue weighted by molar-refractivity contribution is 8.00. The normalized spacial score (nSPS) is 16.6. The number of rotatable bonds is 1. The third-order valence-corrected chi connectivity index (χ3v) is 3.78. The van der Waals surface area contributed by atoms with E-state index in [2.05, 4.69) is 16.4 Å². The topological polar surface area (TPSA) is 3.24 Å². The van der Waals surface area contributed by atoms with Crippen LogP contribution in [0.3, 0.4) is 0 Å². The molecule has 3 heteroatoms. The lowest BCUT2D eigenvalue weighted by atomic mass is 10.2. The fraction of sp³-hybridized carbons (Fsp3) is 0.400. The van der Waals surface area contributed by atoms with Crippen molar-refractivity contribution < 1.29 is 0 Å². The monoisotopic (exact) mass is 213 g/mol. The van der Waals surface area contributed by atoms with Gasteiger partial charge in [0, 0.05) is 23.0 Å². The van der Waals surface area contributed by atoms with E-state index in [4.69, 9.17) is 11.6 Å². The summed E-state index contributed by atoms with van der Waals surface area (Å²) in [5, 5.41) is 0.855. The molecule has 0 bridgehead atoms. The predicted octanol–water partition coefficient (Wildman–Crippen LogP) is 3.51. The summed E-state index contributed by atoms with van der Waals surface area (Å²) in [6, 6.07) is 6.22. The molecule has 2 rings (SSSR count). The second-order valence-electron chi connectivity index (χ2n) is 3.22. The minimum absolute atomic E-state index is 0.855. The fourth-order valence-electron chi connectivity index (χ4n) is 1.44. The van der Waals surface area contributed by atoms with Gasteiger partial charge < -0.3 is 4.31 Å². The van der Waals surface area contributed by atoms with E-state index in [-0.39, 0.29) is 0 Å². The highest BCUT2D eigenvalue weighted by Crippen LogP contribution is 2.30. The Bertz CT molecular complexity index is 308. The second-order valence-corrected chi connectivity index (χ2v) is 4.74. The Balaban J connectivity index is 2.25. The van der Waals surface area contributed by atoms with Crippen molar-refractivity contribution in [3.63, 3.8) is 0 Å². The molecule has 0 N–H and O–H groups in total. The summed E-state index contributed by atoms with van der Waals surface area (Å²) in [6.07, 6.45) is 1.28. The van der Waals surface area contributed by atoms with Crippen molar-refractivity contribution in [2.75, 3.05) is 16.6 Å². The summed E-state index contributed by atoms with van der Waals surface area (Å²) in [5.41, 5.74) is 2.44. The molecule has 0 saturated carbocycles. The first-order chi connectivity index (χ1) is 6.27. The van der Waals surface area contributed by atoms with Gasteiger partial charge in [-0.2, -0.15) is 0 Å². The number of hydrogen-bond acceptors (Lipinski definition) is 2. The van der Waals surface area contributed by atoms with Crippen molar-refractivity contribution in [1.82, 2.24) is 0 Å². The summed E-state index contributed by atoms with van der Waals surface area (Å²) >= 11 is 7.86. The molecule has 1 aromatic carbocycles. The molecule has 0 amide bonds. The minimum atomic E-state index is 0.855. The zero-order valence-corrected chi connectivity index (χ0v) is 9.16. The van der Waals surface area contributed by atoms with Crippen molar-refractivity contribution in [2.45, 2.75) is 13.3 Å². The molecule has 0 spiro atoms. The number of anilines is 1. The van der Waals surface area contributed by atoms with Gasteiger partial charge in [0.05, 0.1) is 0 Å². The van der Waals surface area contributed by atoms with Crippen LogP contribution in [0.1, 0.15) is 12.0 Å². The van der Waals surface area contributed by atoms with Gasteiger partial charge >= 0.3 is 0 Å². The zero-order chi connectivity index (χ0) is 9.26. The summed E-state index contributed by atoms with van der Waals surface area (Å²) in [7, 11) is 0. The average Bonchev–Trinajstić information content (AvgIpc) is 2.62. The first-order valence-electron chi connectivity index (χ1n) is 4.44. The first-order valence-corrected chi connectivity index (χ1v) is 5.76. The molecule has 13 heavy (non-hydrogen) atoms. The van der Waals surface area contributed by atoms with Crippen LogP contribution in [0.5, 0.6) is 0 Å². The van der Waals surface area contributed by atoms with E-state index in [1.54, 1.807) is 0 Å². The summed E-state index contributed by atoms with van der Waals surface area (Å²) in [5.74, 6) is 1.24. The molecule has 1 saturated heterocycles. The van der Waals surface area contributed by atoms with Crippen molar-refractivity contribution in [2.24, 2.45) is 0 Å². The van der Waals surface area contributed by atoms with Gasteiger partial charge in [-0.3, -0.25) is 0 Å². The van der Waals surface area contributed by atoms with Gasteiger partial charge in [0.15, 0.2) is 0 Å². The molecule has 70 valence electrons. The highest BCUT2D eigenvalue weighted by Gasteiger charge is 2.13. The Morgan fingerprint density at radius 1 is 1.46 bits per heavy atom. The third kappa shape index (κ3) is 1.94. The Kier molecular flexibility index (Phi) is 2.70. The van der Waals surface area contributed by atoms with Crippen LogP contribution in [0.25, 0.3) is 0 Å². The lowest BCUT2D eigenvalue weighted by Gasteiger charge is -2.16. The van der Waals surface area contributed by atoms with Gasteiger partial charge in [0.2, 0.25) is 0 Å². The summed E-state index contributed by atoms with van der Waals surface area (Å²) in [6.45, 7) is 3.21. The molecule has 0 unspecified atom stereocenters. The van der Waals surface area contributed by atoms with E-state index in [0.29, 0.717) is 0 Å². The van der Waals surface area contributed by atoms with Crippen LogP contribution in [0, 0.1) is 6.92 Å². The van der Waals surface area contributed by atoms with Crippen molar-refractivity contribution in [1.29, 1.82) is 0 Å². The van der Waals surface area contributed by atoms with Crippen molar-refractivity contribution >= 4 is 29.2 Å². The fourth-order valence-corrected chi connectivity index (χ4v) is 2.55. The molecule has 0 aliphatic carbocycles. The Labute approximate surface area is 88.2 Å². The van der Waals surface area contributed by atoms with Gasteiger partial charge in [0.25, 0.3) is 0 Å². The minimum Gasteiger partial charge on any atom is -0.316 e. The van der Waals surface area contributed by atoms with E-state index < -0.39 is 0 Å². The summed E-state index contributed by atoms with van der Waals surface area (Å²) in [4.78, 5) is 0. The molecule has 0 radical (unpaired) electrons. The van der Waals surface area contributed by atoms with Gasteiger partial charge in [-0.1, -0.05) is 11.6 Å². The predicted molar refractivity (Wildman–Crippen MR) is 60.6 cm³/mol. The van der Waals surface area contributed by atoms with Crippen molar-refractivity contribution in [3.8, 4) is 0 Å². The lowest BCUT2D eigenvalue weighted by molar-refractivity contribution is 0.989. The average molecular weight is 214 g/mol. The lowest BCUT2D eigenvalue weighted by Crippen LogP contribution is -2.08. The SMILES string of the molecule is Cc1cc(N2CCCS2)ccc1Cl. The van der Waals surface area contributed by atoms with E-state index in [9.17, 15) is 0 Å². The van der Waals surface area contributed by atoms with Crippen LogP contribution < -0.4 is 4.31 Å². The van der Waals surface area contributed by atoms with Gasteiger partial charge in [-0.25, -0.2) is 0 Å². The maximum absolute atomic E-state index is 5.96. The van der Waals surface area contributed by atoms with Gasteiger partial charge in [-0.05, 0) is 49.1 Å². The van der Waals surface area contributed by atoms with Crippen LogP contribution in [0.15, 0.2) is 18.2 Å². The quantitative estimate of drug-likeness (QED) is 0.657. The first kappa shape index (κ1) is 9.22. The third-order valence-electron chi connectivity index (χ3n) is 2.18. The molecule has 1 fully saturated rings. The molecule has 0 aromatic heterocycles. The van der Waals surface area contributed by atoms with Gasteiger partial charge in [-0.15, -0.1) is 0 Å². The van der Waals surface area contributed by atoms with Crippen LogP contribution in [-0.4, -0.2) is 12.3 Å². The van der Waals surface area contributed by atoms with Crippen LogP contribution >= 0.6 is 23.5 Å². The molecule has 0 atom stereocenters. The number of hydrogen-bond donors (Lipinski definition) is 0. The Hall–Kier alpha value is -0.340. The second kappa shape index (κ2) is 3.81. The number of nitrogens with zero attached hydrogens (tertiary/aromatic N) is 1. The molecule has 1 nitrogen and oxygen atoms in total. The van der Waals surface area contributed by atoms with E-state index in [0.717, 1.165) is 17.1 Å². The zero-order valence-electron chi connectivity index (χ0n) is 7.59. The number of halogens is 1. The molecular formula is C10H12ClNS. The standard InChI is InChI=1S/C10H12ClNS/c1-8-7-9(3-4-10(8)11)12-5-2-6-13-12/h3-4,7H,2,5-6H2,1H3. The van der Waals surface area contributed by atoms with Gasteiger partial charge in [0.1, 0.15) is 0 Å². The molecular weight excluding hydrogens is 202 g/mol.